The van der Waals surface area contributed by atoms with Gasteiger partial charge in [0, 0.05) is 12.1 Å². The van der Waals surface area contributed by atoms with Crippen molar-refractivity contribution in [1.29, 1.82) is 0 Å². The summed E-state index contributed by atoms with van der Waals surface area (Å²) in [6, 6.07) is 10.5. The lowest BCUT2D eigenvalue weighted by Crippen LogP contribution is -1.99. The number of methoxy groups -OCH3 is 1. The zero-order chi connectivity index (χ0) is 18.5. The number of hydrogen-bond donors (Lipinski definition) is 0. The Morgan fingerprint density at radius 2 is 2.04 bits per heavy atom. The fourth-order valence-electron chi connectivity index (χ4n) is 2.31. The molecule has 0 aliphatic carbocycles. The molecule has 0 fully saturated rings. The van der Waals surface area contributed by atoms with Crippen LogP contribution in [0.2, 0.25) is 0 Å². The molecule has 3 rings (SSSR count). The van der Waals surface area contributed by atoms with Crippen molar-refractivity contribution in [3.63, 3.8) is 0 Å². The van der Waals surface area contributed by atoms with Gasteiger partial charge in [0.15, 0.2) is 11.0 Å². The Morgan fingerprint density at radius 1 is 1.27 bits per heavy atom. The van der Waals surface area contributed by atoms with Crippen LogP contribution in [0, 0.1) is 10.1 Å². The van der Waals surface area contributed by atoms with Gasteiger partial charge in [0.2, 0.25) is 0 Å². The minimum atomic E-state index is -0.570. The van der Waals surface area contributed by atoms with Gasteiger partial charge in [-0.3, -0.25) is 10.1 Å². The number of aromatic nitrogens is 3. The van der Waals surface area contributed by atoms with Crippen LogP contribution in [0.25, 0.3) is 17.5 Å². The highest BCUT2D eigenvalue weighted by molar-refractivity contribution is 8.02. The van der Waals surface area contributed by atoms with Crippen molar-refractivity contribution in [1.82, 2.24) is 14.8 Å². The van der Waals surface area contributed by atoms with Gasteiger partial charge in [-0.05, 0) is 48.7 Å². The first-order valence-corrected chi connectivity index (χ1v) is 8.65. The van der Waals surface area contributed by atoms with E-state index in [1.54, 1.807) is 24.7 Å². The topological polar surface area (TPSA) is 96.2 Å². The SMILES string of the molecule is CCn1c(S/C=C/c2ccc([N+](=O)[O-])o2)nnc1-c1ccc(OC)cc1. The monoisotopic (exact) mass is 372 g/mol. The molecule has 0 unspecified atom stereocenters. The summed E-state index contributed by atoms with van der Waals surface area (Å²) in [7, 11) is 1.62. The minimum absolute atomic E-state index is 0.284. The van der Waals surface area contributed by atoms with E-state index in [2.05, 4.69) is 10.2 Å². The van der Waals surface area contributed by atoms with Gasteiger partial charge in [0.1, 0.15) is 16.4 Å². The molecule has 8 nitrogen and oxygen atoms in total. The van der Waals surface area contributed by atoms with Gasteiger partial charge in [0.05, 0.1) is 13.2 Å². The fraction of sp³-hybridized carbons (Fsp3) is 0.176. The van der Waals surface area contributed by atoms with Gasteiger partial charge in [-0.2, -0.15) is 0 Å². The highest BCUT2D eigenvalue weighted by Gasteiger charge is 2.13. The molecule has 0 aliphatic rings. The van der Waals surface area contributed by atoms with Crippen molar-refractivity contribution in [2.24, 2.45) is 0 Å². The molecular formula is C17H16N4O4S. The highest BCUT2D eigenvalue weighted by atomic mass is 32.2. The molecule has 3 aromatic rings. The number of rotatable bonds is 7. The van der Waals surface area contributed by atoms with Crippen LogP contribution < -0.4 is 4.74 Å². The third-order valence-electron chi connectivity index (χ3n) is 3.58. The summed E-state index contributed by atoms with van der Waals surface area (Å²) in [5.41, 5.74) is 0.942. The fourth-order valence-corrected chi connectivity index (χ4v) is 3.06. The minimum Gasteiger partial charge on any atom is -0.497 e. The van der Waals surface area contributed by atoms with Crippen molar-refractivity contribution < 1.29 is 14.1 Å². The summed E-state index contributed by atoms with van der Waals surface area (Å²) in [6.45, 7) is 2.72. The summed E-state index contributed by atoms with van der Waals surface area (Å²) in [5.74, 6) is 1.66. The highest BCUT2D eigenvalue weighted by Crippen LogP contribution is 2.27. The molecule has 0 atom stereocenters. The zero-order valence-corrected chi connectivity index (χ0v) is 15.0. The van der Waals surface area contributed by atoms with E-state index in [-0.39, 0.29) is 5.88 Å². The van der Waals surface area contributed by atoms with Crippen molar-refractivity contribution in [2.45, 2.75) is 18.6 Å². The van der Waals surface area contributed by atoms with Gasteiger partial charge < -0.3 is 13.7 Å². The van der Waals surface area contributed by atoms with Crippen molar-refractivity contribution in [3.05, 3.63) is 57.7 Å². The van der Waals surface area contributed by atoms with E-state index in [0.29, 0.717) is 12.3 Å². The number of hydrogen-bond acceptors (Lipinski definition) is 7. The van der Waals surface area contributed by atoms with Gasteiger partial charge >= 0.3 is 5.88 Å². The van der Waals surface area contributed by atoms with E-state index in [0.717, 1.165) is 22.3 Å². The normalized spacial score (nSPS) is 11.2. The number of nitrogens with zero attached hydrogens (tertiary/aromatic N) is 4. The maximum atomic E-state index is 10.6. The summed E-state index contributed by atoms with van der Waals surface area (Å²) < 4.78 is 12.2. The van der Waals surface area contributed by atoms with E-state index in [9.17, 15) is 10.1 Å². The number of ether oxygens (including phenoxy) is 1. The van der Waals surface area contributed by atoms with E-state index in [1.807, 2.05) is 35.8 Å². The van der Waals surface area contributed by atoms with Crippen molar-refractivity contribution in [2.75, 3.05) is 7.11 Å². The molecule has 1 aromatic carbocycles. The second kappa shape index (κ2) is 7.87. The standard InChI is InChI=1S/C17H16N4O4S/c1-3-20-16(12-4-6-13(24-2)7-5-12)18-19-17(20)26-11-10-14-8-9-15(25-14)21(22)23/h4-11H,3H2,1-2H3/b11-10+. The van der Waals surface area contributed by atoms with E-state index in [4.69, 9.17) is 9.15 Å². The predicted octanol–water partition coefficient (Wildman–Crippen LogP) is 4.24. The van der Waals surface area contributed by atoms with Gasteiger partial charge in [-0.1, -0.05) is 11.8 Å². The van der Waals surface area contributed by atoms with E-state index < -0.39 is 4.92 Å². The first-order chi connectivity index (χ1) is 12.6. The lowest BCUT2D eigenvalue weighted by Gasteiger charge is -2.06. The molecule has 2 aromatic heterocycles. The Labute approximate surface area is 153 Å². The lowest BCUT2D eigenvalue weighted by molar-refractivity contribution is -0.402. The molecule has 9 heteroatoms. The number of benzene rings is 1. The summed E-state index contributed by atoms with van der Waals surface area (Å²) in [6.07, 6.45) is 1.65. The van der Waals surface area contributed by atoms with Crippen LogP contribution in [-0.4, -0.2) is 26.8 Å². The second-order valence-corrected chi connectivity index (χ2v) is 6.01. The maximum Gasteiger partial charge on any atom is 0.433 e. The summed E-state index contributed by atoms with van der Waals surface area (Å²) in [4.78, 5) is 10.1. The maximum absolute atomic E-state index is 10.6. The molecule has 0 saturated heterocycles. The molecule has 0 N–H and O–H groups in total. The smallest absolute Gasteiger partial charge is 0.433 e. The molecular weight excluding hydrogens is 356 g/mol. The summed E-state index contributed by atoms with van der Waals surface area (Å²) >= 11 is 1.36. The Hall–Kier alpha value is -3.07. The first kappa shape index (κ1) is 17.7. The molecule has 0 spiro atoms. The quantitative estimate of drug-likeness (QED) is 0.348. The van der Waals surface area contributed by atoms with Gasteiger partial charge in [-0.25, -0.2) is 0 Å². The van der Waals surface area contributed by atoms with Crippen LogP contribution in [0.4, 0.5) is 5.88 Å². The molecule has 0 saturated carbocycles. The van der Waals surface area contributed by atoms with Crippen LogP contribution in [-0.2, 0) is 6.54 Å². The van der Waals surface area contributed by atoms with Crippen LogP contribution in [0.1, 0.15) is 12.7 Å². The second-order valence-electron chi connectivity index (χ2n) is 5.13. The van der Waals surface area contributed by atoms with Gasteiger partial charge in [0.25, 0.3) is 0 Å². The molecule has 2 heterocycles. The Bertz CT molecular complexity index is 931. The summed E-state index contributed by atoms with van der Waals surface area (Å²) in [5, 5.41) is 21.6. The molecule has 0 amide bonds. The Balaban J connectivity index is 1.76. The average molecular weight is 372 g/mol. The zero-order valence-electron chi connectivity index (χ0n) is 14.2. The largest absolute Gasteiger partial charge is 0.497 e. The first-order valence-electron chi connectivity index (χ1n) is 7.77. The third kappa shape index (κ3) is 3.77. The molecule has 0 radical (unpaired) electrons. The third-order valence-corrected chi connectivity index (χ3v) is 4.36. The van der Waals surface area contributed by atoms with E-state index in [1.165, 1.54) is 17.8 Å². The molecule has 134 valence electrons. The molecule has 0 aliphatic heterocycles. The van der Waals surface area contributed by atoms with Crippen molar-refractivity contribution in [3.8, 4) is 17.1 Å². The van der Waals surface area contributed by atoms with Gasteiger partial charge in [-0.15, -0.1) is 10.2 Å². The lowest BCUT2D eigenvalue weighted by atomic mass is 10.2. The number of nitro groups is 1. The van der Waals surface area contributed by atoms with Crippen LogP contribution >= 0.6 is 11.8 Å². The van der Waals surface area contributed by atoms with Crippen molar-refractivity contribution >= 4 is 23.7 Å². The predicted molar refractivity (Wildman–Crippen MR) is 97.9 cm³/mol. The Kier molecular flexibility index (Phi) is 5.37. The van der Waals surface area contributed by atoms with Crippen LogP contribution in [0.3, 0.4) is 0 Å². The number of thioether (sulfide) groups is 1. The molecule has 0 bridgehead atoms. The van der Waals surface area contributed by atoms with Crippen LogP contribution in [0.15, 0.2) is 51.4 Å². The van der Waals surface area contributed by atoms with E-state index >= 15 is 0 Å². The average Bonchev–Trinajstić information content (AvgIpc) is 3.29. The molecule has 26 heavy (non-hydrogen) atoms. The van der Waals surface area contributed by atoms with Crippen LogP contribution in [0.5, 0.6) is 5.75 Å². The number of furan rings is 1. The Morgan fingerprint density at radius 3 is 2.65 bits per heavy atom.